The van der Waals surface area contributed by atoms with Crippen LogP contribution in [0.5, 0.6) is 5.75 Å². The fourth-order valence-electron chi connectivity index (χ4n) is 7.68. The average molecular weight is 487 g/mol. The first-order valence-corrected chi connectivity index (χ1v) is 13.4. The topological polar surface area (TPSA) is 26.3 Å². The van der Waals surface area contributed by atoms with Crippen molar-refractivity contribution in [3.63, 3.8) is 0 Å². The molecule has 0 saturated heterocycles. The molecule has 2 atom stereocenters. The number of hydrogen-bond acceptors (Lipinski definition) is 2. The van der Waals surface area contributed by atoms with Crippen molar-refractivity contribution in [2.24, 2.45) is 5.41 Å². The third kappa shape index (κ3) is 4.39. The fourth-order valence-corrected chi connectivity index (χ4v) is 7.68. The van der Waals surface area contributed by atoms with Crippen molar-refractivity contribution in [3.8, 4) is 5.75 Å². The van der Waals surface area contributed by atoms with Crippen molar-refractivity contribution < 1.29 is 9.53 Å². The lowest BCUT2D eigenvalue weighted by atomic mass is 9.43. The SMILES string of the molecule is CC1(C(=O)Oc2ccccc2)CC2(c3ccccc3)CC(c3ccccc3)CC(c3ccccc3)(C1)C2. The third-order valence-electron chi connectivity index (χ3n) is 8.90. The molecule has 0 spiro atoms. The summed E-state index contributed by atoms with van der Waals surface area (Å²) in [5.41, 5.74) is 3.22. The Bertz CT molecular complexity index is 1290. The lowest BCUT2D eigenvalue weighted by Crippen LogP contribution is -2.56. The Labute approximate surface area is 220 Å². The molecule has 2 aliphatic carbocycles. The summed E-state index contributed by atoms with van der Waals surface area (Å²) in [7, 11) is 0. The zero-order valence-electron chi connectivity index (χ0n) is 21.5. The molecule has 2 saturated carbocycles. The molecule has 2 heteroatoms. The van der Waals surface area contributed by atoms with Gasteiger partial charge in [-0.15, -0.1) is 0 Å². The highest BCUT2D eigenvalue weighted by molar-refractivity contribution is 5.79. The van der Waals surface area contributed by atoms with E-state index < -0.39 is 5.41 Å². The molecule has 2 unspecified atom stereocenters. The predicted octanol–water partition coefficient (Wildman–Crippen LogP) is 8.24. The first kappa shape index (κ1) is 23.7. The first-order chi connectivity index (χ1) is 18.0. The summed E-state index contributed by atoms with van der Waals surface area (Å²) >= 11 is 0. The van der Waals surface area contributed by atoms with Crippen LogP contribution in [0.4, 0.5) is 0 Å². The third-order valence-corrected chi connectivity index (χ3v) is 8.90. The largest absolute Gasteiger partial charge is 0.426 e. The molecule has 2 nitrogen and oxygen atoms in total. The van der Waals surface area contributed by atoms with E-state index in [2.05, 4.69) is 97.9 Å². The van der Waals surface area contributed by atoms with Crippen LogP contribution in [0.15, 0.2) is 121 Å². The van der Waals surface area contributed by atoms with Gasteiger partial charge in [0.05, 0.1) is 5.41 Å². The molecule has 37 heavy (non-hydrogen) atoms. The van der Waals surface area contributed by atoms with E-state index in [0.717, 1.165) is 32.1 Å². The second kappa shape index (κ2) is 9.34. The normalized spacial score (nSPS) is 28.8. The standard InChI is InChI=1S/C35H34O2/c1-33(32(36)37-31-20-12-5-13-21-31)24-34(29-16-8-3-9-17-29)22-28(27-14-6-2-7-15-27)23-35(25-33,26-34)30-18-10-4-11-19-30/h2-21,28H,22-26H2,1H3. The van der Waals surface area contributed by atoms with Gasteiger partial charge in [-0.2, -0.15) is 0 Å². The number of carbonyl (C=O) groups excluding carboxylic acids is 1. The second-order valence-electron chi connectivity index (χ2n) is 11.6. The lowest BCUT2D eigenvalue weighted by Gasteiger charge is -2.60. The Morgan fingerprint density at radius 2 is 1.05 bits per heavy atom. The Morgan fingerprint density at radius 3 is 1.54 bits per heavy atom. The van der Waals surface area contributed by atoms with Crippen LogP contribution in [0.1, 0.15) is 61.6 Å². The molecule has 2 bridgehead atoms. The molecule has 0 amide bonds. The molecule has 2 aliphatic rings. The second-order valence-corrected chi connectivity index (χ2v) is 11.6. The van der Waals surface area contributed by atoms with Gasteiger partial charge in [-0.1, -0.05) is 109 Å². The maximum atomic E-state index is 14.0. The van der Waals surface area contributed by atoms with Gasteiger partial charge in [0.1, 0.15) is 5.75 Å². The molecule has 0 aromatic heterocycles. The van der Waals surface area contributed by atoms with Gasteiger partial charge in [0.25, 0.3) is 0 Å². The van der Waals surface area contributed by atoms with Crippen molar-refractivity contribution in [3.05, 3.63) is 138 Å². The van der Waals surface area contributed by atoms with Crippen LogP contribution in [-0.4, -0.2) is 5.97 Å². The minimum atomic E-state index is -0.610. The van der Waals surface area contributed by atoms with Crippen LogP contribution in [0.2, 0.25) is 0 Å². The van der Waals surface area contributed by atoms with Crippen LogP contribution in [0.25, 0.3) is 0 Å². The van der Waals surface area contributed by atoms with E-state index in [9.17, 15) is 4.79 Å². The molecule has 0 heterocycles. The lowest BCUT2D eigenvalue weighted by molar-refractivity contribution is -0.152. The summed E-state index contributed by atoms with van der Waals surface area (Å²) in [6.45, 7) is 2.15. The first-order valence-electron chi connectivity index (χ1n) is 13.4. The number of benzene rings is 4. The molecule has 2 fully saturated rings. The highest BCUT2D eigenvalue weighted by Gasteiger charge is 2.60. The van der Waals surface area contributed by atoms with Crippen LogP contribution >= 0.6 is 0 Å². The fraction of sp³-hybridized carbons (Fsp3) is 0.286. The van der Waals surface area contributed by atoms with Crippen molar-refractivity contribution >= 4 is 5.97 Å². The Morgan fingerprint density at radius 1 is 0.622 bits per heavy atom. The molecule has 6 rings (SSSR count). The van der Waals surface area contributed by atoms with Gasteiger partial charge in [0.2, 0.25) is 0 Å². The number of rotatable bonds is 5. The summed E-state index contributed by atoms with van der Waals surface area (Å²) in [6, 6.07) is 42.4. The smallest absolute Gasteiger partial charge is 0.317 e. The molecule has 0 aliphatic heterocycles. The van der Waals surface area contributed by atoms with E-state index >= 15 is 0 Å². The monoisotopic (exact) mass is 486 g/mol. The Kier molecular flexibility index (Phi) is 5.99. The summed E-state index contributed by atoms with van der Waals surface area (Å²) in [5, 5.41) is 0. The van der Waals surface area contributed by atoms with Crippen LogP contribution in [0.3, 0.4) is 0 Å². The summed E-state index contributed by atoms with van der Waals surface area (Å²) in [5.74, 6) is 0.927. The zero-order chi connectivity index (χ0) is 25.3. The van der Waals surface area contributed by atoms with Crippen molar-refractivity contribution in [1.29, 1.82) is 0 Å². The van der Waals surface area contributed by atoms with E-state index in [0.29, 0.717) is 11.7 Å². The number of hydrogen-bond donors (Lipinski definition) is 0. The quantitative estimate of drug-likeness (QED) is 0.210. The molecule has 0 N–H and O–H groups in total. The molecular weight excluding hydrogens is 452 g/mol. The van der Waals surface area contributed by atoms with Gasteiger partial charge in [-0.25, -0.2) is 0 Å². The maximum Gasteiger partial charge on any atom is 0.317 e. The van der Waals surface area contributed by atoms with Crippen molar-refractivity contribution in [2.75, 3.05) is 0 Å². The Balaban J connectivity index is 1.50. The molecule has 4 aromatic carbocycles. The molecule has 4 aromatic rings. The van der Waals surface area contributed by atoms with Crippen molar-refractivity contribution in [1.82, 2.24) is 0 Å². The van der Waals surface area contributed by atoms with Crippen LogP contribution in [-0.2, 0) is 15.6 Å². The van der Waals surface area contributed by atoms with Gasteiger partial charge >= 0.3 is 5.97 Å². The van der Waals surface area contributed by atoms with Gasteiger partial charge in [0, 0.05) is 0 Å². The number of fused-ring (bicyclic) bond motifs is 2. The van der Waals surface area contributed by atoms with E-state index in [4.69, 9.17) is 4.74 Å². The number of esters is 1. The highest BCUT2D eigenvalue weighted by atomic mass is 16.5. The number of ether oxygens (including phenoxy) is 1. The van der Waals surface area contributed by atoms with Gasteiger partial charge in [-0.3, -0.25) is 4.79 Å². The van der Waals surface area contributed by atoms with Gasteiger partial charge in [-0.05, 0) is 84.6 Å². The minimum Gasteiger partial charge on any atom is -0.426 e. The van der Waals surface area contributed by atoms with Crippen LogP contribution in [0, 0.1) is 5.41 Å². The molecule has 0 radical (unpaired) electrons. The summed E-state index contributed by atoms with van der Waals surface area (Å²) < 4.78 is 6.06. The maximum absolute atomic E-state index is 14.0. The van der Waals surface area contributed by atoms with Crippen molar-refractivity contribution in [2.45, 2.75) is 55.8 Å². The minimum absolute atomic E-state index is 0.114. The number of carbonyl (C=O) groups is 1. The van der Waals surface area contributed by atoms with E-state index in [1.54, 1.807) is 0 Å². The zero-order valence-corrected chi connectivity index (χ0v) is 21.5. The average Bonchev–Trinajstić information content (AvgIpc) is 2.94. The van der Waals surface area contributed by atoms with Crippen LogP contribution < -0.4 is 4.74 Å². The molecular formula is C35H34O2. The van der Waals surface area contributed by atoms with E-state index in [1.165, 1.54) is 16.7 Å². The molecule has 186 valence electrons. The Hall–Kier alpha value is -3.65. The number of para-hydroxylation sites is 1. The van der Waals surface area contributed by atoms with Gasteiger partial charge in [0.15, 0.2) is 0 Å². The predicted molar refractivity (Wildman–Crippen MR) is 149 cm³/mol. The van der Waals surface area contributed by atoms with E-state index in [1.807, 2.05) is 30.3 Å². The van der Waals surface area contributed by atoms with Gasteiger partial charge < -0.3 is 4.74 Å². The summed E-state index contributed by atoms with van der Waals surface area (Å²) in [4.78, 5) is 14.0. The summed E-state index contributed by atoms with van der Waals surface area (Å²) in [6.07, 6.45) is 4.68. The highest BCUT2D eigenvalue weighted by Crippen LogP contribution is 2.65. The van der Waals surface area contributed by atoms with E-state index in [-0.39, 0.29) is 16.8 Å².